The Balaban J connectivity index is 1.74. The molecular weight excluding hydrogens is 823 g/mol. The first-order valence-corrected chi connectivity index (χ1v) is 21.1. The van der Waals surface area contributed by atoms with Crippen LogP contribution in [0.1, 0.15) is 103 Å². The standard InChI is InChI=1S/C43H63N7O13/c1-24(2)14-12-10-8-7-9-11-13-15-35(53)48(5)33(23-51)41(58)45-25(3)39(56)44-22-36(54)49(6)37-28-16-17-34(52)29(21-28)30-18-27(20-32(38(30)55)50(62)63)19-31(43(60)61)47-40(57)26(4)46-42(37)59/h16-18,20-21,24-26,31,33,37,51-52,55,62-63H,7-15,19,22-23H2,1-6H3,(H,44,56)(H,45,58)(H,46,59)(H,47,57)(H,60,61)/p-1/t25-,26+,31+,33-,37-/m1/s1. The Bertz CT molecular complexity index is 1960. The van der Waals surface area contributed by atoms with E-state index in [0.29, 0.717) is 12.3 Å². The molecule has 2 aromatic carbocycles. The second-order valence-electron chi connectivity index (χ2n) is 16.4. The number of carboxylic acids is 1. The number of carboxylic acid groups (broad SMARTS) is 1. The summed E-state index contributed by atoms with van der Waals surface area (Å²) in [4.78, 5) is 94.0. The summed E-state index contributed by atoms with van der Waals surface area (Å²) in [5, 5.41) is 72.9. The molecule has 0 aromatic heterocycles. The van der Waals surface area contributed by atoms with Gasteiger partial charge in [-0.2, -0.15) is 0 Å². The molecule has 1 heterocycles. The van der Waals surface area contributed by atoms with Crippen LogP contribution in [0.4, 0.5) is 5.69 Å². The average molecular weight is 885 g/mol. The van der Waals surface area contributed by atoms with Crippen LogP contribution < -0.4 is 31.6 Å². The largest absolute Gasteiger partial charge is 0.871 e. The molecule has 348 valence electrons. The van der Waals surface area contributed by atoms with E-state index in [1.807, 2.05) is 0 Å². The van der Waals surface area contributed by atoms with Crippen LogP contribution in [0.2, 0.25) is 0 Å². The van der Waals surface area contributed by atoms with Crippen molar-refractivity contribution in [3.63, 3.8) is 0 Å². The molecule has 63 heavy (non-hydrogen) atoms. The number of unbranched alkanes of at least 4 members (excludes halogenated alkanes) is 6. The van der Waals surface area contributed by atoms with E-state index >= 15 is 0 Å². The molecule has 4 bridgehead atoms. The van der Waals surface area contributed by atoms with E-state index in [9.17, 15) is 64.4 Å². The third-order valence-electron chi connectivity index (χ3n) is 11.0. The second-order valence-corrected chi connectivity index (χ2v) is 16.4. The minimum Gasteiger partial charge on any atom is -0.871 e. The lowest BCUT2D eigenvalue weighted by Crippen LogP contribution is -2.55. The van der Waals surface area contributed by atoms with Gasteiger partial charge >= 0.3 is 5.97 Å². The SMILES string of the molecule is CC(C)CCCCCCCCCC(=O)N(C)[C@H](CO)C(=O)N[C@H](C)C(=O)NCC(=O)N(C)[C@H]1C(=O)N[C@@H](C)C(=O)N[C@H](C(=O)O)Cc2cc(c([O-])c(N(O)O)c2)-c2cc1ccc2O. The van der Waals surface area contributed by atoms with E-state index in [2.05, 4.69) is 35.1 Å². The maximum Gasteiger partial charge on any atom is 0.326 e. The topological polar surface area (TPSA) is 302 Å². The first-order valence-electron chi connectivity index (χ1n) is 21.1. The van der Waals surface area contributed by atoms with Crippen molar-refractivity contribution in [3.05, 3.63) is 41.5 Å². The number of fused-ring (bicyclic) bond motifs is 5. The number of amides is 6. The zero-order valence-electron chi connectivity index (χ0n) is 36.7. The van der Waals surface area contributed by atoms with Crippen LogP contribution in [0.3, 0.4) is 0 Å². The molecule has 6 amide bonds. The Kier molecular flexibility index (Phi) is 19.6. The lowest BCUT2D eigenvalue weighted by molar-refractivity contribution is -0.267. The molecule has 0 fully saturated rings. The highest BCUT2D eigenvalue weighted by Gasteiger charge is 2.34. The lowest BCUT2D eigenvalue weighted by Gasteiger charge is -2.31. The highest BCUT2D eigenvalue weighted by molar-refractivity contribution is 5.96. The summed E-state index contributed by atoms with van der Waals surface area (Å²) in [7, 11) is 2.59. The normalized spacial score (nSPS) is 17.3. The van der Waals surface area contributed by atoms with Crippen LogP contribution in [0.25, 0.3) is 11.1 Å². The average Bonchev–Trinajstić information content (AvgIpc) is 3.22. The summed E-state index contributed by atoms with van der Waals surface area (Å²) in [6, 6.07) is -1.42. The lowest BCUT2D eigenvalue weighted by atomic mass is 9.93. The zero-order chi connectivity index (χ0) is 47.1. The van der Waals surface area contributed by atoms with Crippen molar-refractivity contribution in [1.82, 2.24) is 31.1 Å². The molecule has 0 unspecified atom stereocenters. The molecule has 1 aliphatic heterocycles. The van der Waals surface area contributed by atoms with Gasteiger partial charge in [0.05, 0.1) is 18.8 Å². The van der Waals surface area contributed by atoms with E-state index in [0.717, 1.165) is 47.6 Å². The number of phenols is 1. The Morgan fingerprint density at radius 3 is 2.10 bits per heavy atom. The van der Waals surface area contributed by atoms with E-state index in [1.54, 1.807) is 0 Å². The van der Waals surface area contributed by atoms with Gasteiger partial charge in [-0.3, -0.25) is 39.2 Å². The van der Waals surface area contributed by atoms with Gasteiger partial charge in [-0.25, -0.2) is 4.79 Å². The van der Waals surface area contributed by atoms with Crippen LogP contribution in [-0.4, -0.2) is 128 Å². The quantitative estimate of drug-likeness (QED) is 0.0672. The summed E-state index contributed by atoms with van der Waals surface area (Å²) in [5.41, 5.74) is -1.27. The summed E-state index contributed by atoms with van der Waals surface area (Å²) >= 11 is 0. The molecule has 1 aliphatic rings. The van der Waals surface area contributed by atoms with Gasteiger partial charge in [0, 0.05) is 32.5 Å². The number of aliphatic hydroxyl groups excluding tert-OH is 1. The third-order valence-corrected chi connectivity index (χ3v) is 11.0. The fourth-order valence-corrected chi connectivity index (χ4v) is 7.12. The second kappa shape index (κ2) is 24.0. The number of nitrogens with one attached hydrogen (secondary N) is 4. The summed E-state index contributed by atoms with van der Waals surface area (Å²) in [5.74, 6) is -7.08. The number of carbonyl (C=O) groups is 7. The number of aromatic hydroxyl groups is 1. The van der Waals surface area contributed by atoms with Crippen molar-refractivity contribution in [1.29, 1.82) is 0 Å². The van der Waals surface area contributed by atoms with Crippen LogP contribution in [0.5, 0.6) is 11.5 Å². The number of phenolic OH excluding ortho intramolecular Hbond substituents is 1. The molecule has 0 saturated carbocycles. The molecule has 5 atom stereocenters. The fraction of sp³-hybridized carbons (Fsp3) is 0.558. The molecule has 0 radical (unpaired) electrons. The van der Waals surface area contributed by atoms with Crippen LogP contribution >= 0.6 is 0 Å². The predicted octanol–water partition coefficient (Wildman–Crippen LogP) is 1.45. The Hall–Kier alpha value is -5.99. The Morgan fingerprint density at radius 1 is 0.857 bits per heavy atom. The summed E-state index contributed by atoms with van der Waals surface area (Å²) < 4.78 is 0. The van der Waals surface area contributed by atoms with Crippen LogP contribution in [-0.2, 0) is 40.0 Å². The van der Waals surface area contributed by atoms with Crippen molar-refractivity contribution in [3.8, 4) is 22.6 Å². The van der Waals surface area contributed by atoms with Gasteiger partial charge in [-0.15, -0.1) is 5.23 Å². The number of likely N-dealkylation sites (N-methyl/N-ethyl adjacent to an activating group) is 2. The van der Waals surface area contributed by atoms with Gasteiger partial charge in [-0.05, 0) is 61.1 Å². The van der Waals surface area contributed by atoms with Gasteiger partial charge in [0.25, 0.3) is 0 Å². The van der Waals surface area contributed by atoms with Crippen LogP contribution in [0.15, 0.2) is 30.3 Å². The number of nitrogens with zero attached hydrogens (tertiary/aromatic N) is 3. The van der Waals surface area contributed by atoms with Gasteiger partial charge in [0.1, 0.15) is 36.0 Å². The van der Waals surface area contributed by atoms with E-state index in [4.69, 9.17) is 0 Å². The molecule has 20 heteroatoms. The number of aliphatic carboxylic acids is 1. The van der Waals surface area contributed by atoms with Crippen molar-refractivity contribution >= 4 is 47.1 Å². The minimum atomic E-state index is -1.63. The number of hydrogen-bond acceptors (Lipinski definition) is 13. The minimum absolute atomic E-state index is 0.00590. The Labute approximate surface area is 366 Å². The summed E-state index contributed by atoms with van der Waals surface area (Å²) in [6.45, 7) is 5.56. The fourth-order valence-electron chi connectivity index (χ4n) is 7.12. The third kappa shape index (κ3) is 14.5. The number of rotatable bonds is 20. The molecule has 9 N–H and O–H groups in total. The highest BCUT2D eigenvalue weighted by Crippen LogP contribution is 2.42. The molecule has 0 spiro atoms. The number of aliphatic hydroxyl groups is 1. The Morgan fingerprint density at radius 2 is 1.49 bits per heavy atom. The number of benzene rings is 2. The molecular formula is C43H62N7O13-. The molecule has 3 rings (SSSR count). The molecule has 0 aliphatic carbocycles. The smallest absolute Gasteiger partial charge is 0.326 e. The summed E-state index contributed by atoms with van der Waals surface area (Å²) in [6.07, 6.45) is 8.02. The van der Waals surface area contributed by atoms with Gasteiger partial charge in [0.15, 0.2) is 0 Å². The first-order chi connectivity index (χ1) is 29.7. The van der Waals surface area contributed by atoms with Gasteiger partial charge in [-0.1, -0.05) is 76.7 Å². The van der Waals surface area contributed by atoms with Crippen molar-refractivity contribution in [2.24, 2.45) is 5.92 Å². The zero-order valence-corrected chi connectivity index (χ0v) is 36.7. The molecule has 2 aromatic rings. The van der Waals surface area contributed by atoms with E-state index in [1.165, 1.54) is 65.4 Å². The van der Waals surface area contributed by atoms with Gasteiger partial charge in [0.2, 0.25) is 35.4 Å². The maximum absolute atomic E-state index is 13.9. The van der Waals surface area contributed by atoms with Gasteiger partial charge < -0.3 is 51.5 Å². The number of anilines is 1. The van der Waals surface area contributed by atoms with Crippen molar-refractivity contribution < 1.29 is 64.4 Å². The first kappa shape index (κ1) is 51.4. The highest BCUT2D eigenvalue weighted by atomic mass is 16.8. The monoisotopic (exact) mass is 884 g/mol. The molecule has 0 saturated heterocycles. The molecule has 20 nitrogen and oxygen atoms in total. The number of carbonyl (C=O) groups excluding carboxylic acids is 6. The van der Waals surface area contributed by atoms with E-state index in [-0.39, 0.29) is 34.6 Å². The van der Waals surface area contributed by atoms with E-state index < -0.39 is 108 Å². The maximum atomic E-state index is 13.9. The van der Waals surface area contributed by atoms with Crippen LogP contribution in [0, 0.1) is 5.92 Å². The van der Waals surface area contributed by atoms with Crippen molar-refractivity contribution in [2.75, 3.05) is 32.5 Å². The van der Waals surface area contributed by atoms with Crippen molar-refractivity contribution in [2.45, 2.75) is 122 Å². The number of hydrogen-bond donors (Lipinski definition) is 9. The predicted molar refractivity (Wildman–Crippen MR) is 226 cm³/mol.